The SMILES string of the molecule is NC(CC1CCCc2ccccc21)c1ccc(Cl)cn1. The number of hydrogen-bond acceptors (Lipinski definition) is 2. The van der Waals surface area contributed by atoms with Gasteiger partial charge in [-0.2, -0.15) is 0 Å². The maximum atomic E-state index is 6.33. The summed E-state index contributed by atoms with van der Waals surface area (Å²) in [7, 11) is 0. The van der Waals surface area contributed by atoms with Crippen LogP contribution >= 0.6 is 11.6 Å². The Balaban J connectivity index is 1.77. The van der Waals surface area contributed by atoms with Crippen LogP contribution in [0.1, 0.15) is 48.0 Å². The smallest absolute Gasteiger partial charge is 0.0589 e. The number of fused-ring (bicyclic) bond motifs is 1. The monoisotopic (exact) mass is 286 g/mol. The van der Waals surface area contributed by atoms with Crippen molar-refractivity contribution in [1.29, 1.82) is 0 Å². The first-order chi connectivity index (χ1) is 9.74. The molecule has 0 saturated heterocycles. The molecule has 0 spiro atoms. The molecule has 1 aromatic heterocycles. The van der Waals surface area contributed by atoms with E-state index in [0.717, 1.165) is 12.1 Å². The van der Waals surface area contributed by atoms with Crippen LogP contribution in [0.5, 0.6) is 0 Å². The van der Waals surface area contributed by atoms with Crippen molar-refractivity contribution in [3.8, 4) is 0 Å². The average Bonchev–Trinajstić information content (AvgIpc) is 2.48. The summed E-state index contributed by atoms with van der Waals surface area (Å²) >= 11 is 5.87. The summed E-state index contributed by atoms with van der Waals surface area (Å²) in [6.45, 7) is 0. The highest BCUT2D eigenvalue weighted by Gasteiger charge is 2.22. The van der Waals surface area contributed by atoms with Crippen molar-refractivity contribution in [3.05, 3.63) is 64.4 Å². The topological polar surface area (TPSA) is 38.9 Å². The van der Waals surface area contributed by atoms with E-state index >= 15 is 0 Å². The lowest BCUT2D eigenvalue weighted by atomic mass is 9.79. The zero-order valence-electron chi connectivity index (χ0n) is 11.4. The molecule has 0 aliphatic heterocycles. The highest BCUT2D eigenvalue weighted by Crippen LogP contribution is 2.36. The minimum atomic E-state index is -0.0246. The van der Waals surface area contributed by atoms with Gasteiger partial charge in [-0.25, -0.2) is 0 Å². The van der Waals surface area contributed by atoms with Gasteiger partial charge in [0.1, 0.15) is 0 Å². The Hall–Kier alpha value is -1.38. The number of rotatable bonds is 3. The number of pyridine rings is 1. The largest absolute Gasteiger partial charge is 0.323 e. The van der Waals surface area contributed by atoms with E-state index in [-0.39, 0.29) is 6.04 Å². The molecule has 2 aromatic rings. The van der Waals surface area contributed by atoms with Crippen molar-refractivity contribution in [2.45, 2.75) is 37.6 Å². The number of halogens is 1. The van der Waals surface area contributed by atoms with Crippen LogP contribution in [0.4, 0.5) is 0 Å². The zero-order chi connectivity index (χ0) is 13.9. The van der Waals surface area contributed by atoms with Gasteiger partial charge in [-0.3, -0.25) is 4.98 Å². The number of hydrogen-bond donors (Lipinski definition) is 1. The van der Waals surface area contributed by atoms with E-state index in [4.69, 9.17) is 17.3 Å². The lowest BCUT2D eigenvalue weighted by molar-refractivity contribution is 0.471. The van der Waals surface area contributed by atoms with Crippen molar-refractivity contribution in [2.75, 3.05) is 0 Å². The minimum absolute atomic E-state index is 0.0246. The molecule has 104 valence electrons. The molecule has 2 N–H and O–H groups in total. The molecule has 3 rings (SSSR count). The lowest BCUT2D eigenvalue weighted by Gasteiger charge is -2.27. The standard InChI is InChI=1S/C17H19ClN2/c18-14-8-9-17(20-11-14)16(19)10-13-6-3-5-12-4-1-2-7-15(12)13/h1-2,4,7-9,11,13,16H,3,5-6,10,19H2. The Morgan fingerprint density at radius 3 is 2.90 bits per heavy atom. The zero-order valence-corrected chi connectivity index (χ0v) is 12.2. The number of nitrogens with zero attached hydrogens (tertiary/aromatic N) is 1. The first kappa shape index (κ1) is 13.6. The van der Waals surface area contributed by atoms with Crippen LogP contribution in [0.25, 0.3) is 0 Å². The van der Waals surface area contributed by atoms with Gasteiger partial charge in [0.2, 0.25) is 0 Å². The second-order valence-electron chi connectivity index (χ2n) is 5.53. The third-order valence-electron chi connectivity index (χ3n) is 4.16. The van der Waals surface area contributed by atoms with Crippen LogP contribution in [0.2, 0.25) is 5.02 Å². The van der Waals surface area contributed by atoms with Gasteiger partial charge in [-0.15, -0.1) is 0 Å². The molecule has 2 nitrogen and oxygen atoms in total. The van der Waals surface area contributed by atoms with E-state index in [1.54, 1.807) is 6.20 Å². The number of benzene rings is 1. The molecule has 0 radical (unpaired) electrons. The van der Waals surface area contributed by atoms with Crippen LogP contribution in [-0.2, 0) is 6.42 Å². The minimum Gasteiger partial charge on any atom is -0.323 e. The molecule has 0 bridgehead atoms. The fourth-order valence-corrected chi connectivity index (χ4v) is 3.25. The molecule has 1 aliphatic rings. The summed E-state index contributed by atoms with van der Waals surface area (Å²) in [5, 5.41) is 0.656. The van der Waals surface area contributed by atoms with Crippen molar-refractivity contribution in [2.24, 2.45) is 5.73 Å². The molecule has 1 aliphatic carbocycles. The van der Waals surface area contributed by atoms with Crippen LogP contribution in [0.3, 0.4) is 0 Å². The summed E-state index contributed by atoms with van der Waals surface area (Å²) in [5.41, 5.74) is 10.2. The highest BCUT2D eigenvalue weighted by molar-refractivity contribution is 6.30. The summed E-state index contributed by atoms with van der Waals surface area (Å²) < 4.78 is 0. The molecule has 2 atom stereocenters. The molecule has 0 fully saturated rings. The van der Waals surface area contributed by atoms with Crippen molar-refractivity contribution in [3.63, 3.8) is 0 Å². The molecule has 3 heteroatoms. The summed E-state index contributed by atoms with van der Waals surface area (Å²) in [6, 6.07) is 12.5. The van der Waals surface area contributed by atoms with E-state index in [0.29, 0.717) is 10.9 Å². The average molecular weight is 287 g/mol. The third-order valence-corrected chi connectivity index (χ3v) is 4.39. The molecule has 1 heterocycles. The second kappa shape index (κ2) is 5.94. The fourth-order valence-electron chi connectivity index (χ4n) is 3.13. The van der Waals surface area contributed by atoms with Crippen molar-refractivity contribution < 1.29 is 0 Å². The van der Waals surface area contributed by atoms with Crippen LogP contribution in [-0.4, -0.2) is 4.98 Å². The summed E-state index contributed by atoms with van der Waals surface area (Å²) in [6.07, 6.45) is 6.29. The van der Waals surface area contributed by atoms with Gasteiger partial charge < -0.3 is 5.73 Å². The van der Waals surface area contributed by atoms with Gasteiger partial charge in [0, 0.05) is 12.2 Å². The van der Waals surface area contributed by atoms with Crippen molar-refractivity contribution in [1.82, 2.24) is 4.98 Å². The maximum absolute atomic E-state index is 6.33. The van der Waals surface area contributed by atoms with Gasteiger partial charge in [-0.05, 0) is 54.9 Å². The predicted octanol–water partition coefficient (Wildman–Crippen LogP) is 4.25. The lowest BCUT2D eigenvalue weighted by Crippen LogP contribution is -2.18. The van der Waals surface area contributed by atoms with Gasteiger partial charge >= 0.3 is 0 Å². The fraction of sp³-hybridized carbons (Fsp3) is 0.353. The van der Waals surface area contributed by atoms with Gasteiger partial charge in [-0.1, -0.05) is 35.9 Å². The molecule has 20 heavy (non-hydrogen) atoms. The Morgan fingerprint density at radius 1 is 1.25 bits per heavy atom. The van der Waals surface area contributed by atoms with Gasteiger partial charge in [0.05, 0.1) is 10.7 Å². The van der Waals surface area contributed by atoms with E-state index in [2.05, 4.69) is 29.2 Å². The Kier molecular flexibility index (Phi) is 4.04. The molecule has 1 aromatic carbocycles. The Bertz CT molecular complexity index is 580. The van der Waals surface area contributed by atoms with E-state index in [9.17, 15) is 0 Å². The van der Waals surface area contributed by atoms with Crippen molar-refractivity contribution >= 4 is 11.6 Å². The highest BCUT2D eigenvalue weighted by atomic mass is 35.5. The molecular weight excluding hydrogens is 268 g/mol. The van der Waals surface area contributed by atoms with Gasteiger partial charge in [0.25, 0.3) is 0 Å². The molecule has 0 amide bonds. The van der Waals surface area contributed by atoms with E-state index < -0.39 is 0 Å². The summed E-state index contributed by atoms with van der Waals surface area (Å²) in [5.74, 6) is 0.549. The maximum Gasteiger partial charge on any atom is 0.0589 e. The number of aryl methyl sites for hydroxylation is 1. The number of nitrogens with two attached hydrogens (primary N) is 1. The number of aromatic nitrogens is 1. The first-order valence-electron chi connectivity index (χ1n) is 7.19. The quantitative estimate of drug-likeness (QED) is 0.916. The van der Waals surface area contributed by atoms with E-state index in [1.807, 2.05) is 12.1 Å². The Labute approximate surface area is 125 Å². The summed E-state index contributed by atoms with van der Waals surface area (Å²) in [4.78, 5) is 4.34. The van der Waals surface area contributed by atoms with E-state index in [1.165, 1.54) is 30.4 Å². The van der Waals surface area contributed by atoms with Gasteiger partial charge in [0.15, 0.2) is 0 Å². The molecular formula is C17H19ClN2. The van der Waals surface area contributed by atoms with Crippen LogP contribution < -0.4 is 5.73 Å². The predicted molar refractivity (Wildman–Crippen MR) is 82.9 cm³/mol. The second-order valence-corrected chi connectivity index (χ2v) is 5.97. The molecule has 2 unspecified atom stereocenters. The van der Waals surface area contributed by atoms with Crippen LogP contribution in [0, 0.1) is 0 Å². The Morgan fingerprint density at radius 2 is 2.10 bits per heavy atom. The first-order valence-corrected chi connectivity index (χ1v) is 7.56. The third kappa shape index (κ3) is 2.87. The normalized spacial score (nSPS) is 19.4. The molecule has 0 saturated carbocycles. The van der Waals surface area contributed by atoms with Crippen LogP contribution in [0.15, 0.2) is 42.6 Å².